The lowest BCUT2D eigenvalue weighted by Gasteiger charge is -2.06. The van der Waals surface area contributed by atoms with Gasteiger partial charge in [-0.1, -0.05) is 0 Å². The van der Waals surface area contributed by atoms with E-state index < -0.39 is 10.0 Å². The number of sulfonamides is 1. The first kappa shape index (κ1) is 16.8. The summed E-state index contributed by atoms with van der Waals surface area (Å²) < 4.78 is 37.9. The molecule has 0 spiro atoms. The molecule has 0 bridgehead atoms. The van der Waals surface area contributed by atoms with Crippen molar-refractivity contribution in [3.8, 4) is 28.5 Å². The van der Waals surface area contributed by atoms with E-state index in [2.05, 4.69) is 9.71 Å². The lowest BCUT2D eigenvalue weighted by molar-refractivity contribution is 0.174. The van der Waals surface area contributed by atoms with Crippen LogP contribution in [0, 0.1) is 0 Å². The highest BCUT2D eigenvalue weighted by atomic mass is 32.2. The van der Waals surface area contributed by atoms with Crippen LogP contribution in [0.4, 0.5) is 0 Å². The fourth-order valence-corrected chi connectivity index (χ4v) is 4.28. The van der Waals surface area contributed by atoms with Crippen LogP contribution in [-0.2, 0) is 16.6 Å². The molecule has 0 saturated carbocycles. The van der Waals surface area contributed by atoms with Crippen molar-refractivity contribution in [2.75, 3.05) is 6.79 Å². The summed E-state index contributed by atoms with van der Waals surface area (Å²) in [6.07, 6.45) is 0. The molecule has 0 unspecified atom stereocenters. The maximum atomic E-state index is 12.5. The van der Waals surface area contributed by atoms with E-state index in [1.165, 1.54) is 23.5 Å². The van der Waals surface area contributed by atoms with Gasteiger partial charge in [0.2, 0.25) is 16.8 Å². The molecule has 134 valence electrons. The first-order chi connectivity index (χ1) is 12.5. The van der Waals surface area contributed by atoms with Gasteiger partial charge in [-0.3, -0.25) is 0 Å². The van der Waals surface area contributed by atoms with Crippen LogP contribution in [0.25, 0.3) is 11.3 Å². The molecule has 0 fully saturated rings. The van der Waals surface area contributed by atoms with Crippen LogP contribution in [0.15, 0.2) is 52.7 Å². The van der Waals surface area contributed by atoms with E-state index in [1.807, 2.05) is 5.38 Å². The summed E-state index contributed by atoms with van der Waals surface area (Å²) >= 11 is 1.36. The van der Waals surface area contributed by atoms with Gasteiger partial charge in [0, 0.05) is 17.0 Å². The number of aromatic nitrogens is 1. The van der Waals surface area contributed by atoms with Gasteiger partial charge in [-0.15, -0.1) is 11.3 Å². The second-order valence-corrected chi connectivity index (χ2v) is 8.22. The van der Waals surface area contributed by atoms with Gasteiger partial charge >= 0.3 is 0 Å². The van der Waals surface area contributed by atoms with E-state index in [0.29, 0.717) is 16.5 Å². The Labute approximate surface area is 153 Å². The van der Waals surface area contributed by atoms with Crippen molar-refractivity contribution >= 4 is 21.4 Å². The van der Waals surface area contributed by atoms with Crippen molar-refractivity contribution in [1.82, 2.24) is 9.71 Å². The Balaban J connectivity index is 1.47. The van der Waals surface area contributed by atoms with Gasteiger partial charge < -0.3 is 14.6 Å². The van der Waals surface area contributed by atoms with Crippen molar-refractivity contribution in [2.24, 2.45) is 0 Å². The predicted octanol–water partition coefficient (Wildman–Crippen LogP) is 2.72. The minimum Gasteiger partial charge on any atom is -0.508 e. The number of nitrogens with zero attached hydrogens (tertiary/aromatic N) is 1. The molecule has 0 atom stereocenters. The van der Waals surface area contributed by atoms with Crippen molar-refractivity contribution in [1.29, 1.82) is 0 Å². The summed E-state index contributed by atoms with van der Waals surface area (Å²) in [7, 11) is -3.69. The fourth-order valence-electron chi connectivity index (χ4n) is 2.44. The zero-order valence-corrected chi connectivity index (χ0v) is 15.0. The van der Waals surface area contributed by atoms with Crippen LogP contribution < -0.4 is 14.2 Å². The van der Waals surface area contributed by atoms with Gasteiger partial charge in [0.1, 0.15) is 10.8 Å². The minimum absolute atomic E-state index is 0.0829. The molecule has 0 radical (unpaired) electrons. The van der Waals surface area contributed by atoms with Crippen molar-refractivity contribution in [2.45, 2.75) is 11.4 Å². The molecule has 1 aromatic heterocycles. The Bertz CT molecular complexity index is 1050. The molecule has 0 saturated heterocycles. The molecule has 2 heterocycles. The Kier molecular flexibility index (Phi) is 4.27. The summed E-state index contributed by atoms with van der Waals surface area (Å²) in [6.45, 7) is 0.172. The first-order valence-electron chi connectivity index (χ1n) is 7.64. The Morgan fingerprint density at radius 2 is 1.88 bits per heavy atom. The smallest absolute Gasteiger partial charge is 0.241 e. The number of fused-ring (bicyclic) bond motifs is 1. The lowest BCUT2D eigenvalue weighted by atomic mass is 10.2. The Morgan fingerprint density at radius 1 is 1.12 bits per heavy atom. The van der Waals surface area contributed by atoms with Crippen molar-refractivity contribution < 1.29 is 23.0 Å². The van der Waals surface area contributed by atoms with E-state index in [9.17, 15) is 13.5 Å². The number of aromatic hydroxyl groups is 1. The van der Waals surface area contributed by atoms with Crippen LogP contribution in [0.3, 0.4) is 0 Å². The van der Waals surface area contributed by atoms with Gasteiger partial charge in [-0.2, -0.15) is 0 Å². The highest BCUT2D eigenvalue weighted by Gasteiger charge is 2.20. The summed E-state index contributed by atoms with van der Waals surface area (Å²) in [6, 6.07) is 11.2. The van der Waals surface area contributed by atoms with Crippen LogP contribution in [-0.4, -0.2) is 25.3 Å². The van der Waals surface area contributed by atoms with Gasteiger partial charge in [-0.05, 0) is 36.4 Å². The largest absolute Gasteiger partial charge is 0.508 e. The molecule has 26 heavy (non-hydrogen) atoms. The molecular weight excluding hydrogens is 376 g/mol. The molecule has 7 nitrogen and oxygen atoms in total. The second-order valence-electron chi connectivity index (χ2n) is 5.51. The van der Waals surface area contributed by atoms with Crippen LogP contribution in [0.2, 0.25) is 0 Å². The van der Waals surface area contributed by atoms with E-state index in [-0.39, 0.29) is 24.0 Å². The molecule has 9 heteroatoms. The molecular formula is C17H14N2O5S2. The van der Waals surface area contributed by atoms with Crippen LogP contribution in [0.1, 0.15) is 5.01 Å². The van der Waals surface area contributed by atoms with Crippen molar-refractivity contribution in [3.63, 3.8) is 0 Å². The van der Waals surface area contributed by atoms with Gasteiger partial charge in [0.15, 0.2) is 11.5 Å². The van der Waals surface area contributed by atoms with E-state index in [0.717, 1.165) is 11.3 Å². The number of phenolic OH excluding ortho intramolecular Hbond substituents is 1. The second kappa shape index (κ2) is 6.60. The van der Waals surface area contributed by atoms with Crippen molar-refractivity contribution in [3.05, 3.63) is 52.9 Å². The van der Waals surface area contributed by atoms with Gasteiger partial charge in [0.05, 0.1) is 17.1 Å². The SMILES string of the molecule is O=S(=O)(NCc1nc(-c2ccc(O)cc2)cs1)c1ccc2c(c1)OCO2. The number of thiazole rings is 1. The zero-order chi connectivity index (χ0) is 18.1. The molecule has 3 aromatic rings. The maximum Gasteiger partial charge on any atom is 0.241 e. The molecule has 0 amide bonds. The standard InChI is InChI=1S/C17H14N2O5S2/c20-12-3-1-11(2-4-12)14-9-25-17(19-14)8-18-26(21,22)13-5-6-15-16(7-13)24-10-23-15/h1-7,9,18,20H,8,10H2. The molecule has 0 aliphatic carbocycles. The third kappa shape index (κ3) is 3.36. The van der Waals surface area contributed by atoms with Crippen LogP contribution in [0.5, 0.6) is 17.2 Å². The molecule has 4 rings (SSSR count). The molecule has 2 aromatic carbocycles. The van der Waals surface area contributed by atoms with E-state index >= 15 is 0 Å². The summed E-state index contributed by atoms with van der Waals surface area (Å²) in [4.78, 5) is 4.54. The maximum absolute atomic E-state index is 12.5. The zero-order valence-electron chi connectivity index (χ0n) is 13.4. The summed E-state index contributed by atoms with van der Waals surface area (Å²) in [5, 5.41) is 11.8. The van der Waals surface area contributed by atoms with E-state index in [1.54, 1.807) is 30.3 Å². The third-order valence-corrected chi connectivity index (χ3v) is 6.03. The van der Waals surface area contributed by atoms with E-state index in [4.69, 9.17) is 9.47 Å². The fraction of sp³-hybridized carbons (Fsp3) is 0.118. The van der Waals surface area contributed by atoms with Crippen LogP contribution >= 0.6 is 11.3 Å². The lowest BCUT2D eigenvalue weighted by Crippen LogP contribution is -2.23. The quantitative estimate of drug-likeness (QED) is 0.695. The summed E-state index contributed by atoms with van der Waals surface area (Å²) in [5.74, 6) is 1.12. The number of phenols is 1. The number of benzene rings is 2. The summed E-state index contributed by atoms with van der Waals surface area (Å²) in [5.41, 5.74) is 1.58. The highest BCUT2D eigenvalue weighted by molar-refractivity contribution is 7.89. The monoisotopic (exact) mass is 390 g/mol. The highest BCUT2D eigenvalue weighted by Crippen LogP contribution is 2.33. The minimum atomic E-state index is -3.69. The molecule has 1 aliphatic rings. The average molecular weight is 390 g/mol. The number of hydrogen-bond donors (Lipinski definition) is 2. The number of ether oxygens (including phenoxy) is 2. The number of rotatable bonds is 5. The normalized spacial score (nSPS) is 13.1. The van der Waals surface area contributed by atoms with Gasteiger partial charge in [-0.25, -0.2) is 18.1 Å². The number of nitrogens with one attached hydrogen (secondary N) is 1. The third-order valence-electron chi connectivity index (χ3n) is 3.78. The Hall–Kier alpha value is -2.62. The number of hydrogen-bond acceptors (Lipinski definition) is 7. The topological polar surface area (TPSA) is 97.8 Å². The molecule has 1 aliphatic heterocycles. The Morgan fingerprint density at radius 3 is 2.69 bits per heavy atom. The van der Waals surface area contributed by atoms with Gasteiger partial charge in [0.25, 0.3) is 0 Å². The predicted molar refractivity (Wildman–Crippen MR) is 95.8 cm³/mol. The average Bonchev–Trinajstić information content (AvgIpc) is 3.29. The molecule has 2 N–H and O–H groups in total. The first-order valence-corrected chi connectivity index (χ1v) is 10.0.